The standard InChI is InChI=1S/C14H18BrFN2O/c1-14(6-3-7-17-8-14)9-18-13(19)12-10(15)4-2-5-11(12)16/h2,4-5,17H,3,6-9H2,1H3,(H,18,19). The van der Waals surface area contributed by atoms with Gasteiger partial charge in [-0.25, -0.2) is 4.39 Å². The van der Waals surface area contributed by atoms with Gasteiger partial charge >= 0.3 is 0 Å². The molecule has 0 spiro atoms. The number of nitrogens with one attached hydrogen (secondary N) is 2. The first-order chi connectivity index (χ1) is 9.02. The maximum Gasteiger partial charge on any atom is 0.255 e. The van der Waals surface area contributed by atoms with Gasteiger partial charge in [-0.2, -0.15) is 0 Å². The van der Waals surface area contributed by atoms with Crippen LogP contribution in [-0.4, -0.2) is 25.5 Å². The maximum absolute atomic E-state index is 13.7. The highest BCUT2D eigenvalue weighted by Crippen LogP contribution is 2.25. The summed E-state index contributed by atoms with van der Waals surface area (Å²) in [5.41, 5.74) is 0.126. The Kier molecular flexibility index (Phi) is 4.58. The van der Waals surface area contributed by atoms with Crippen LogP contribution < -0.4 is 10.6 Å². The second-order valence-electron chi connectivity index (χ2n) is 5.37. The van der Waals surface area contributed by atoms with Crippen molar-refractivity contribution >= 4 is 21.8 Å². The van der Waals surface area contributed by atoms with E-state index in [2.05, 4.69) is 33.5 Å². The van der Waals surface area contributed by atoms with Crippen LogP contribution in [0.1, 0.15) is 30.1 Å². The lowest BCUT2D eigenvalue weighted by Crippen LogP contribution is -2.45. The molecule has 1 heterocycles. The molecular weight excluding hydrogens is 311 g/mol. The molecule has 1 fully saturated rings. The topological polar surface area (TPSA) is 41.1 Å². The first-order valence-electron chi connectivity index (χ1n) is 6.45. The highest BCUT2D eigenvalue weighted by Gasteiger charge is 2.27. The molecule has 1 aliphatic rings. The van der Waals surface area contributed by atoms with Gasteiger partial charge in [-0.3, -0.25) is 4.79 Å². The molecule has 2 N–H and O–H groups in total. The van der Waals surface area contributed by atoms with Gasteiger partial charge in [-0.05, 0) is 52.9 Å². The molecule has 0 aromatic heterocycles. The van der Waals surface area contributed by atoms with Crippen LogP contribution in [0.3, 0.4) is 0 Å². The molecule has 0 bridgehead atoms. The first-order valence-corrected chi connectivity index (χ1v) is 7.24. The van der Waals surface area contributed by atoms with Gasteiger partial charge < -0.3 is 10.6 Å². The number of piperidine rings is 1. The minimum atomic E-state index is -0.501. The summed E-state index contributed by atoms with van der Waals surface area (Å²) >= 11 is 3.21. The monoisotopic (exact) mass is 328 g/mol. The largest absolute Gasteiger partial charge is 0.351 e. The van der Waals surface area contributed by atoms with E-state index in [1.54, 1.807) is 12.1 Å². The predicted octanol–water partition coefficient (Wildman–Crippen LogP) is 2.71. The van der Waals surface area contributed by atoms with E-state index in [9.17, 15) is 9.18 Å². The molecule has 2 rings (SSSR count). The predicted molar refractivity (Wildman–Crippen MR) is 76.6 cm³/mol. The van der Waals surface area contributed by atoms with Gasteiger partial charge in [0.2, 0.25) is 0 Å². The zero-order chi connectivity index (χ0) is 13.9. The normalized spacial score (nSPS) is 23.1. The second kappa shape index (κ2) is 6.01. The van der Waals surface area contributed by atoms with Crippen LogP contribution >= 0.6 is 15.9 Å². The molecule has 3 nitrogen and oxygen atoms in total. The fourth-order valence-electron chi connectivity index (χ4n) is 2.37. The van der Waals surface area contributed by atoms with E-state index in [1.165, 1.54) is 6.07 Å². The molecule has 1 amide bonds. The van der Waals surface area contributed by atoms with Gasteiger partial charge in [0.25, 0.3) is 5.91 Å². The van der Waals surface area contributed by atoms with Gasteiger partial charge in [-0.1, -0.05) is 13.0 Å². The van der Waals surface area contributed by atoms with Crippen molar-refractivity contribution in [1.29, 1.82) is 0 Å². The van der Waals surface area contributed by atoms with Crippen molar-refractivity contribution < 1.29 is 9.18 Å². The molecular formula is C14H18BrFN2O. The number of hydrogen-bond donors (Lipinski definition) is 2. The van der Waals surface area contributed by atoms with Crippen LogP contribution in [0.15, 0.2) is 22.7 Å². The number of carbonyl (C=O) groups is 1. The molecule has 0 saturated carbocycles. The van der Waals surface area contributed by atoms with Crippen LogP contribution in [0.25, 0.3) is 0 Å². The summed E-state index contributed by atoms with van der Waals surface area (Å²) in [6.07, 6.45) is 2.18. The second-order valence-corrected chi connectivity index (χ2v) is 6.22. The molecule has 1 atom stereocenters. The Hall–Kier alpha value is -0.940. The Morgan fingerprint density at radius 3 is 3.00 bits per heavy atom. The minimum absolute atomic E-state index is 0.0473. The molecule has 1 unspecified atom stereocenters. The molecule has 1 saturated heterocycles. The molecule has 0 radical (unpaired) electrons. The van der Waals surface area contributed by atoms with Crippen LogP contribution in [0.2, 0.25) is 0 Å². The van der Waals surface area contributed by atoms with E-state index < -0.39 is 5.82 Å². The lowest BCUT2D eigenvalue weighted by Gasteiger charge is -2.34. The van der Waals surface area contributed by atoms with E-state index in [4.69, 9.17) is 0 Å². The zero-order valence-corrected chi connectivity index (χ0v) is 12.5. The summed E-state index contributed by atoms with van der Waals surface area (Å²) in [6.45, 7) is 4.60. The van der Waals surface area contributed by atoms with Crippen LogP contribution in [0.4, 0.5) is 4.39 Å². The fourth-order valence-corrected chi connectivity index (χ4v) is 2.89. The Morgan fingerprint density at radius 2 is 2.37 bits per heavy atom. The van der Waals surface area contributed by atoms with E-state index >= 15 is 0 Å². The third-order valence-electron chi connectivity index (χ3n) is 3.55. The summed E-state index contributed by atoms with van der Waals surface area (Å²) in [5, 5.41) is 6.17. The van der Waals surface area contributed by atoms with Crippen molar-refractivity contribution in [1.82, 2.24) is 10.6 Å². The molecule has 1 aliphatic heterocycles. The summed E-state index contributed by atoms with van der Waals surface area (Å²) in [6, 6.07) is 4.54. The third kappa shape index (κ3) is 3.54. The molecule has 104 valence electrons. The number of carbonyl (C=O) groups excluding carboxylic acids is 1. The van der Waals surface area contributed by atoms with Crippen molar-refractivity contribution in [2.45, 2.75) is 19.8 Å². The number of halogens is 2. The van der Waals surface area contributed by atoms with E-state index in [-0.39, 0.29) is 16.9 Å². The van der Waals surface area contributed by atoms with Gasteiger partial charge in [-0.15, -0.1) is 0 Å². The lowest BCUT2D eigenvalue weighted by atomic mass is 9.83. The first kappa shape index (κ1) is 14.5. The zero-order valence-electron chi connectivity index (χ0n) is 10.9. The number of amides is 1. The summed E-state index contributed by atoms with van der Waals surface area (Å²) in [7, 11) is 0. The molecule has 0 aliphatic carbocycles. The van der Waals surface area contributed by atoms with E-state index in [0.717, 1.165) is 25.9 Å². The Balaban J connectivity index is 2.01. The van der Waals surface area contributed by atoms with Gasteiger partial charge in [0, 0.05) is 17.6 Å². The SMILES string of the molecule is CC1(CNC(=O)c2c(F)cccc2Br)CCCNC1. The average Bonchev–Trinajstić information content (AvgIpc) is 2.37. The molecule has 1 aromatic carbocycles. The Bertz CT molecular complexity index is 452. The average molecular weight is 329 g/mol. The molecule has 5 heteroatoms. The fraction of sp³-hybridized carbons (Fsp3) is 0.500. The lowest BCUT2D eigenvalue weighted by molar-refractivity contribution is 0.0920. The highest BCUT2D eigenvalue weighted by molar-refractivity contribution is 9.10. The quantitative estimate of drug-likeness (QED) is 0.895. The van der Waals surface area contributed by atoms with Crippen molar-refractivity contribution in [3.8, 4) is 0 Å². The Morgan fingerprint density at radius 1 is 1.58 bits per heavy atom. The summed E-state index contributed by atoms with van der Waals surface area (Å²) in [5.74, 6) is -0.865. The van der Waals surface area contributed by atoms with Gasteiger partial charge in [0.15, 0.2) is 0 Å². The van der Waals surface area contributed by atoms with Crippen molar-refractivity contribution in [3.63, 3.8) is 0 Å². The molecule has 19 heavy (non-hydrogen) atoms. The van der Waals surface area contributed by atoms with Crippen LogP contribution in [0, 0.1) is 11.2 Å². The minimum Gasteiger partial charge on any atom is -0.351 e. The van der Waals surface area contributed by atoms with Gasteiger partial charge in [0.05, 0.1) is 5.56 Å². The van der Waals surface area contributed by atoms with Crippen molar-refractivity contribution in [2.75, 3.05) is 19.6 Å². The van der Waals surface area contributed by atoms with Crippen LogP contribution in [-0.2, 0) is 0 Å². The van der Waals surface area contributed by atoms with E-state index in [1.807, 2.05) is 0 Å². The number of rotatable bonds is 3. The number of hydrogen-bond acceptors (Lipinski definition) is 2. The summed E-state index contributed by atoms with van der Waals surface area (Å²) in [4.78, 5) is 12.1. The molecule has 1 aromatic rings. The van der Waals surface area contributed by atoms with Crippen molar-refractivity contribution in [3.05, 3.63) is 34.1 Å². The third-order valence-corrected chi connectivity index (χ3v) is 4.21. The maximum atomic E-state index is 13.7. The van der Waals surface area contributed by atoms with Gasteiger partial charge in [0.1, 0.15) is 5.82 Å². The summed E-state index contributed by atoms with van der Waals surface area (Å²) < 4.78 is 14.1. The Labute approximate surface area is 121 Å². The van der Waals surface area contributed by atoms with Crippen molar-refractivity contribution in [2.24, 2.45) is 5.41 Å². The smallest absolute Gasteiger partial charge is 0.255 e. The van der Waals surface area contributed by atoms with E-state index in [0.29, 0.717) is 11.0 Å². The highest BCUT2D eigenvalue weighted by atomic mass is 79.9. The van der Waals surface area contributed by atoms with Crippen LogP contribution in [0.5, 0.6) is 0 Å². The number of benzene rings is 1.